The van der Waals surface area contributed by atoms with Crippen molar-refractivity contribution in [2.45, 2.75) is 18.7 Å². The van der Waals surface area contributed by atoms with Crippen LogP contribution in [0, 0.1) is 24.0 Å². The summed E-state index contributed by atoms with van der Waals surface area (Å²) in [6.07, 6.45) is 0. The van der Waals surface area contributed by atoms with Gasteiger partial charge in [0.1, 0.15) is 12.1 Å². The highest BCUT2D eigenvalue weighted by Crippen LogP contribution is 2.31. The first-order chi connectivity index (χ1) is 14.9. The lowest BCUT2D eigenvalue weighted by Gasteiger charge is -2.18. The van der Waals surface area contributed by atoms with Crippen molar-refractivity contribution in [1.82, 2.24) is 9.21 Å². The summed E-state index contributed by atoms with van der Waals surface area (Å²) < 4.78 is 26.0. The number of carbonyl (C=O) groups is 3. The van der Waals surface area contributed by atoms with E-state index in [1.807, 2.05) is 0 Å². The summed E-state index contributed by atoms with van der Waals surface area (Å²) in [5.74, 6) is -2.52. The number of carbonyl (C=O) groups excluding carboxylic acids is 3. The Labute approximate surface area is 183 Å². The van der Waals surface area contributed by atoms with Crippen LogP contribution in [-0.4, -0.2) is 60.9 Å². The highest BCUT2D eigenvalue weighted by Gasteiger charge is 2.41. The van der Waals surface area contributed by atoms with Crippen LogP contribution in [0.15, 0.2) is 35.2 Å². The second-order valence-corrected chi connectivity index (χ2v) is 9.55. The Kier molecular flexibility index (Phi) is 5.85. The van der Waals surface area contributed by atoms with Crippen LogP contribution in [0.1, 0.15) is 31.8 Å². The molecule has 1 aliphatic heterocycles. The molecule has 0 unspecified atom stereocenters. The summed E-state index contributed by atoms with van der Waals surface area (Å²) >= 11 is 0. The van der Waals surface area contributed by atoms with Gasteiger partial charge in [0.05, 0.1) is 15.4 Å². The number of hydrogen-bond donors (Lipinski definition) is 1. The monoisotopic (exact) mass is 460 g/mol. The molecule has 0 aliphatic carbocycles. The minimum Gasteiger partial charge on any atom is -0.324 e. The van der Waals surface area contributed by atoms with E-state index < -0.39 is 44.9 Å². The number of hydrogen-bond acceptors (Lipinski definition) is 7. The zero-order valence-electron chi connectivity index (χ0n) is 17.7. The van der Waals surface area contributed by atoms with Gasteiger partial charge in [-0.3, -0.25) is 29.4 Å². The number of nitrogens with one attached hydrogen (secondary N) is 1. The molecule has 0 atom stereocenters. The van der Waals surface area contributed by atoms with E-state index in [9.17, 15) is 32.9 Å². The highest BCUT2D eigenvalue weighted by molar-refractivity contribution is 7.89. The minimum atomic E-state index is -3.76. The Morgan fingerprint density at radius 3 is 2.41 bits per heavy atom. The molecule has 0 aromatic heterocycles. The third-order valence-electron chi connectivity index (χ3n) is 5.17. The first-order valence-electron chi connectivity index (χ1n) is 9.33. The van der Waals surface area contributed by atoms with E-state index in [4.69, 9.17) is 0 Å². The van der Waals surface area contributed by atoms with Crippen LogP contribution in [0.2, 0.25) is 0 Å². The summed E-state index contributed by atoms with van der Waals surface area (Å²) in [6, 6.07) is 6.45. The maximum Gasteiger partial charge on any atom is 0.282 e. The molecule has 1 heterocycles. The van der Waals surface area contributed by atoms with E-state index >= 15 is 0 Å². The normalized spacial score (nSPS) is 13.5. The number of nitro groups is 1. The van der Waals surface area contributed by atoms with Crippen molar-refractivity contribution >= 4 is 39.1 Å². The highest BCUT2D eigenvalue weighted by atomic mass is 32.2. The van der Waals surface area contributed by atoms with Gasteiger partial charge in [0, 0.05) is 25.8 Å². The number of anilines is 1. The van der Waals surface area contributed by atoms with Gasteiger partial charge in [0.2, 0.25) is 15.9 Å². The van der Waals surface area contributed by atoms with Crippen LogP contribution < -0.4 is 5.32 Å². The minimum absolute atomic E-state index is 0.0303. The van der Waals surface area contributed by atoms with Gasteiger partial charge in [-0.1, -0.05) is 6.07 Å². The summed E-state index contributed by atoms with van der Waals surface area (Å²) in [4.78, 5) is 48.9. The van der Waals surface area contributed by atoms with Gasteiger partial charge in [-0.05, 0) is 43.2 Å². The van der Waals surface area contributed by atoms with Crippen LogP contribution in [-0.2, 0) is 14.8 Å². The topological polar surface area (TPSA) is 147 Å². The number of amides is 3. The average molecular weight is 460 g/mol. The molecule has 0 fully saturated rings. The molecule has 2 aromatic rings. The van der Waals surface area contributed by atoms with Gasteiger partial charge < -0.3 is 5.32 Å². The second-order valence-electron chi connectivity index (χ2n) is 7.40. The second kappa shape index (κ2) is 8.13. The van der Waals surface area contributed by atoms with Crippen LogP contribution in [0.25, 0.3) is 0 Å². The van der Waals surface area contributed by atoms with Gasteiger partial charge >= 0.3 is 0 Å². The Morgan fingerprint density at radius 1 is 1.16 bits per heavy atom. The Morgan fingerprint density at radius 2 is 1.81 bits per heavy atom. The first-order valence-corrected chi connectivity index (χ1v) is 10.8. The zero-order valence-corrected chi connectivity index (χ0v) is 18.5. The predicted molar refractivity (Wildman–Crippen MR) is 114 cm³/mol. The van der Waals surface area contributed by atoms with Gasteiger partial charge in [-0.2, -0.15) is 0 Å². The Balaban J connectivity index is 1.88. The van der Waals surface area contributed by atoms with Crippen molar-refractivity contribution in [1.29, 1.82) is 0 Å². The molecule has 3 amide bonds. The fraction of sp³-hybridized carbons (Fsp3) is 0.250. The van der Waals surface area contributed by atoms with Gasteiger partial charge in [0.25, 0.3) is 17.5 Å². The third kappa shape index (κ3) is 3.85. The molecule has 11 nitrogen and oxygen atoms in total. The van der Waals surface area contributed by atoms with Crippen molar-refractivity contribution in [2.75, 3.05) is 26.0 Å². The van der Waals surface area contributed by atoms with E-state index in [1.165, 1.54) is 38.4 Å². The third-order valence-corrected chi connectivity index (χ3v) is 6.96. The summed E-state index contributed by atoms with van der Waals surface area (Å²) in [6.45, 7) is 2.68. The van der Waals surface area contributed by atoms with Crippen molar-refractivity contribution in [3.8, 4) is 0 Å². The lowest BCUT2D eigenvalue weighted by molar-refractivity contribution is -0.385. The molecule has 0 spiro atoms. The molecule has 1 N–H and O–H groups in total. The molecule has 0 saturated heterocycles. The van der Waals surface area contributed by atoms with E-state index in [-0.39, 0.29) is 21.7 Å². The standard InChI is InChI=1S/C20H20N4O7S/c1-11-8-13(32(30,31)22(3)4)9-15(12(11)2)21-17(25)10-23-19(26)14-6-5-7-16(24(28)29)18(14)20(23)27/h5-9H,10H2,1-4H3,(H,21,25). The SMILES string of the molecule is Cc1cc(S(=O)(=O)N(C)C)cc(NC(=O)CN2C(=O)c3cccc([N+](=O)[O-])c3C2=O)c1C. The maximum atomic E-state index is 12.6. The summed E-state index contributed by atoms with van der Waals surface area (Å²) in [7, 11) is -1.01. The van der Waals surface area contributed by atoms with E-state index in [1.54, 1.807) is 13.8 Å². The summed E-state index contributed by atoms with van der Waals surface area (Å²) in [5, 5.41) is 13.7. The molecule has 32 heavy (non-hydrogen) atoms. The van der Waals surface area contributed by atoms with Gasteiger partial charge in [-0.15, -0.1) is 0 Å². The zero-order chi connectivity index (χ0) is 24.0. The van der Waals surface area contributed by atoms with E-state index in [0.29, 0.717) is 16.0 Å². The quantitative estimate of drug-likeness (QED) is 0.392. The van der Waals surface area contributed by atoms with Crippen LogP contribution in [0.5, 0.6) is 0 Å². The Bertz CT molecular complexity index is 1290. The molecule has 3 rings (SSSR count). The number of sulfonamides is 1. The van der Waals surface area contributed by atoms with Crippen molar-refractivity contribution in [2.24, 2.45) is 0 Å². The molecule has 168 valence electrons. The number of aryl methyl sites for hydroxylation is 1. The maximum absolute atomic E-state index is 12.6. The van der Waals surface area contributed by atoms with Gasteiger partial charge in [-0.25, -0.2) is 12.7 Å². The van der Waals surface area contributed by atoms with E-state index in [2.05, 4.69) is 5.32 Å². The number of rotatable bonds is 6. The molecular weight excluding hydrogens is 440 g/mol. The molecule has 0 bridgehead atoms. The van der Waals surface area contributed by atoms with Crippen LogP contribution in [0.3, 0.4) is 0 Å². The predicted octanol–water partition coefficient (Wildman–Crippen LogP) is 1.70. The van der Waals surface area contributed by atoms with Crippen LogP contribution >= 0.6 is 0 Å². The lowest BCUT2D eigenvalue weighted by atomic mass is 10.1. The lowest BCUT2D eigenvalue weighted by Crippen LogP contribution is -2.37. The van der Waals surface area contributed by atoms with Gasteiger partial charge in [0.15, 0.2) is 0 Å². The number of nitro benzene ring substituents is 1. The molecular formula is C20H20N4O7S. The van der Waals surface area contributed by atoms with Crippen molar-refractivity contribution < 1.29 is 27.7 Å². The average Bonchev–Trinajstić information content (AvgIpc) is 2.95. The fourth-order valence-electron chi connectivity index (χ4n) is 3.26. The number of imide groups is 1. The fourth-order valence-corrected chi connectivity index (χ4v) is 4.27. The largest absolute Gasteiger partial charge is 0.324 e. The summed E-state index contributed by atoms with van der Waals surface area (Å²) in [5.41, 5.74) is 0.396. The molecule has 0 saturated carbocycles. The number of nitrogens with zero attached hydrogens (tertiary/aromatic N) is 3. The number of fused-ring (bicyclic) bond motifs is 1. The molecule has 12 heteroatoms. The molecule has 1 aliphatic rings. The first kappa shape index (κ1) is 23.0. The van der Waals surface area contributed by atoms with Crippen LogP contribution in [0.4, 0.5) is 11.4 Å². The number of benzene rings is 2. The van der Waals surface area contributed by atoms with Crippen molar-refractivity contribution in [3.05, 3.63) is 62.7 Å². The molecule has 2 aromatic carbocycles. The van der Waals surface area contributed by atoms with E-state index in [0.717, 1.165) is 10.4 Å². The smallest absolute Gasteiger partial charge is 0.282 e. The Hall–Kier alpha value is -3.64. The molecule has 0 radical (unpaired) electrons. The van der Waals surface area contributed by atoms with Crippen molar-refractivity contribution in [3.63, 3.8) is 0 Å².